The summed E-state index contributed by atoms with van der Waals surface area (Å²) < 4.78 is 5.52. The molecule has 0 aromatic heterocycles. The first-order chi connectivity index (χ1) is 7.75. The van der Waals surface area contributed by atoms with E-state index in [4.69, 9.17) is 10.5 Å². The predicted octanol–water partition coefficient (Wildman–Crippen LogP) is 2.55. The van der Waals surface area contributed by atoms with Crippen LogP contribution in [0.1, 0.15) is 5.56 Å². The van der Waals surface area contributed by atoms with Crippen LogP contribution in [0.3, 0.4) is 0 Å². The number of anilines is 1. The zero-order valence-electron chi connectivity index (χ0n) is 8.76. The second-order valence-corrected chi connectivity index (χ2v) is 3.50. The molecule has 16 heavy (non-hydrogen) atoms. The molecule has 0 saturated carbocycles. The minimum Gasteiger partial charge on any atom is -0.508 e. The molecule has 0 atom stereocenters. The Labute approximate surface area is 94.1 Å². The van der Waals surface area contributed by atoms with Crippen LogP contribution in [0.4, 0.5) is 5.69 Å². The van der Waals surface area contributed by atoms with Crippen molar-refractivity contribution in [2.45, 2.75) is 6.61 Å². The maximum Gasteiger partial charge on any atom is 0.146 e. The fraction of sp³-hybridized carbons (Fsp3) is 0.0769. The average Bonchev–Trinajstić information content (AvgIpc) is 2.32. The Bertz CT molecular complexity index is 469. The summed E-state index contributed by atoms with van der Waals surface area (Å²) in [7, 11) is 0. The van der Waals surface area contributed by atoms with Gasteiger partial charge >= 0.3 is 0 Å². The minimum absolute atomic E-state index is 0.150. The molecular formula is C13H13NO2. The molecular weight excluding hydrogens is 202 g/mol. The Morgan fingerprint density at radius 2 is 1.81 bits per heavy atom. The van der Waals surface area contributed by atoms with Gasteiger partial charge < -0.3 is 15.6 Å². The molecule has 0 amide bonds. The third kappa shape index (κ3) is 2.45. The lowest BCUT2D eigenvalue weighted by atomic mass is 10.2. The van der Waals surface area contributed by atoms with Crippen LogP contribution >= 0.6 is 0 Å². The smallest absolute Gasteiger partial charge is 0.146 e. The quantitative estimate of drug-likeness (QED) is 0.611. The van der Waals surface area contributed by atoms with Gasteiger partial charge in [-0.2, -0.15) is 0 Å². The van der Waals surface area contributed by atoms with Gasteiger partial charge in [-0.1, -0.05) is 30.3 Å². The van der Waals surface area contributed by atoms with Gasteiger partial charge in [-0.05, 0) is 17.7 Å². The lowest BCUT2D eigenvalue weighted by Crippen LogP contribution is -1.98. The van der Waals surface area contributed by atoms with E-state index in [0.717, 1.165) is 5.56 Å². The Kier molecular flexibility index (Phi) is 2.96. The van der Waals surface area contributed by atoms with Crippen LogP contribution in [0.15, 0.2) is 48.5 Å². The summed E-state index contributed by atoms with van der Waals surface area (Å²) in [5.41, 5.74) is 7.30. The van der Waals surface area contributed by atoms with E-state index in [1.807, 2.05) is 30.3 Å². The van der Waals surface area contributed by atoms with Crippen LogP contribution in [0.2, 0.25) is 0 Å². The monoisotopic (exact) mass is 215 g/mol. The molecule has 3 N–H and O–H groups in total. The van der Waals surface area contributed by atoms with Crippen LogP contribution in [-0.2, 0) is 6.61 Å². The maximum absolute atomic E-state index is 9.30. The van der Waals surface area contributed by atoms with Crippen LogP contribution in [-0.4, -0.2) is 5.11 Å². The summed E-state index contributed by atoms with van der Waals surface area (Å²) in [4.78, 5) is 0. The molecule has 0 aliphatic carbocycles. The number of aromatic hydroxyl groups is 1. The van der Waals surface area contributed by atoms with Gasteiger partial charge in [-0.15, -0.1) is 0 Å². The molecule has 0 aliphatic rings. The first kappa shape index (κ1) is 10.4. The standard InChI is InChI=1S/C13H13NO2/c14-12-7-6-11(15)8-13(12)16-9-10-4-2-1-3-5-10/h1-8,15H,9,14H2. The summed E-state index contributed by atoms with van der Waals surface area (Å²) in [6.07, 6.45) is 0. The molecule has 0 fully saturated rings. The third-order valence-electron chi connectivity index (χ3n) is 2.23. The highest BCUT2D eigenvalue weighted by atomic mass is 16.5. The average molecular weight is 215 g/mol. The fourth-order valence-corrected chi connectivity index (χ4v) is 1.38. The van der Waals surface area contributed by atoms with Gasteiger partial charge in [0.25, 0.3) is 0 Å². The van der Waals surface area contributed by atoms with Crippen LogP contribution < -0.4 is 10.5 Å². The van der Waals surface area contributed by atoms with Crippen molar-refractivity contribution < 1.29 is 9.84 Å². The molecule has 2 aromatic rings. The van der Waals surface area contributed by atoms with E-state index in [-0.39, 0.29) is 5.75 Å². The second kappa shape index (κ2) is 4.57. The maximum atomic E-state index is 9.30. The molecule has 0 bridgehead atoms. The summed E-state index contributed by atoms with van der Waals surface area (Å²) in [5.74, 6) is 0.654. The van der Waals surface area contributed by atoms with Gasteiger partial charge in [0.2, 0.25) is 0 Å². The Morgan fingerprint density at radius 3 is 2.56 bits per heavy atom. The first-order valence-corrected chi connectivity index (χ1v) is 5.01. The normalized spacial score (nSPS) is 10.0. The Balaban J connectivity index is 2.08. The zero-order valence-corrected chi connectivity index (χ0v) is 8.76. The van der Waals surface area contributed by atoms with Crippen molar-refractivity contribution in [2.24, 2.45) is 0 Å². The third-order valence-corrected chi connectivity index (χ3v) is 2.23. The van der Waals surface area contributed by atoms with Gasteiger partial charge in [-0.3, -0.25) is 0 Å². The van der Waals surface area contributed by atoms with E-state index >= 15 is 0 Å². The number of phenolic OH excluding ortho intramolecular Hbond substituents is 1. The molecule has 3 heteroatoms. The number of rotatable bonds is 3. The zero-order chi connectivity index (χ0) is 11.4. The van der Waals surface area contributed by atoms with Gasteiger partial charge in [0.05, 0.1) is 5.69 Å². The first-order valence-electron chi connectivity index (χ1n) is 5.01. The minimum atomic E-state index is 0.150. The lowest BCUT2D eigenvalue weighted by molar-refractivity contribution is 0.306. The molecule has 0 saturated heterocycles. The van der Waals surface area contributed by atoms with E-state index in [2.05, 4.69) is 0 Å². The van der Waals surface area contributed by atoms with Crippen molar-refractivity contribution in [3.8, 4) is 11.5 Å². The van der Waals surface area contributed by atoms with Crippen molar-refractivity contribution in [1.82, 2.24) is 0 Å². The fourth-order valence-electron chi connectivity index (χ4n) is 1.38. The highest BCUT2D eigenvalue weighted by Crippen LogP contribution is 2.26. The summed E-state index contributed by atoms with van der Waals surface area (Å²) in [6, 6.07) is 14.5. The van der Waals surface area contributed by atoms with Crippen LogP contribution in [0.25, 0.3) is 0 Å². The van der Waals surface area contributed by atoms with Crippen molar-refractivity contribution >= 4 is 5.69 Å². The number of benzene rings is 2. The topological polar surface area (TPSA) is 55.5 Å². The van der Waals surface area contributed by atoms with Crippen LogP contribution in [0, 0.1) is 0 Å². The number of phenols is 1. The highest BCUT2D eigenvalue weighted by molar-refractivity contribution is 5.55. The number of nitrogen functional groups attached to an aromatic ring is 1. The Morgan fingerprint density at radius 1 is 1.06 bits per heavy atom. The van der Waals surface area contributed by atoms with E-state index in [0.29, 0.717) is 18.0 Å². The van der Waals surface area contributed by atoms with Crippen molar-refractivity contribution in [3.05, 3.63) is 54.1 Å². The molecule has 0 aliphatic heterocycles. The molecule has 2 aromatic carbocycles. The van der Waals surface area contributed by atoms with Gasteiger partial charge in [0.1, 0.15) is 18.1 Å². The van der Waals surface area contributed by atoms with E-state index < -0.39 is 0 Å². The molecule has 82 valence electrons. The van der Waals surface area contributed by atoms with Crippen LogP contribution in [0.5, 0.6) is 11.5 Å². The molecule has 0 spiro atoms. The molecule has 0 heterocycles. The second-order valence-electron chi connectivity index (χ2n) is 3.50. The summed E-state index contributed by atoms with van der Waals surface area (Å²) in [5, 5.41) is 9.30. The number of hydrogen-bond acceptors (Lipinski definition) is 3. The van der Waals surface area contributed by atoms with Crippen molar-refractivity contribution in [2.75, 3.05) is 5.73 Å². The number of ether oxygens (including phenoxy) is 1. The number of nitrogens with two attached hydrogens (primary N) is 1. The summed E-state index contributed by atoms with van der Waals surface area (Å²) >= 11 is 0. The van der Waals surface area contributed by atoms with E-state index in [1.165, 1.54) is 12.1 Å². The predicted molar refractivity (Wildman–Crippen MR) is 63.3 cm³/mol. The van der Waals surface area contributed by atoms with Crippen molar-refractivity contribution in [3.63, 3.8) is 0 Å². The molecule has 2 rings (SSSR count). The highest BCUT2D eigenvalue weighted by Gasteiger charge is 2.01. The molecule has 0 radical (unpaired) electrons. The van der Waals surface area contributed by atoms with Gasteiger partial charge in [-0.25, -0.2) is 0 Å². The van der Waals surface area contributed by atoms with E-state index in [9.17, 15) is 5.11 Å². The molecule has 3 nitrogen and oxygen atoms in total. The lowest BCUT2D eigenvalue weighted by Gasteiger charge is -2.09. The molecule has 0 unspecified atom stereocenters. The largest absolute Gasteiger partial charge is 0.508 e. The van der Waals surface area contributed by atoms with Crippen molar-refractivity contribution in [1.29, 1.82) is 0 Å². The SMILES string of the molecule is Nc1ccc(O)cc1OCc1ccccc1. The number of hydrogen-bond donors (Lipinski definition) is 2. The summed E-state index contributed by atoms with van der Waals surface area (Å²) in [6.45, 7) is 0.439. The van der Waals surface area contributed by atoms with Gasteiger partial charge in [0, 0.05) is 6.07 Å². The Hall–Kier alpha value is -2.16. The van der Waals surface area contributed by atoms with Gasteiger partial charge in [0.15, 0.2) is 0 Å². The van der Waals surface area contributed by atoms with E-state index in [1.54, 1.807) is 6.07 Å².